The second kappa shape index (κ2) is 8.71. The Balaban J connectivity index is 1.32. The van der Waals surface area contributed by atoms with E-state index in [1.54, 1.807) is 11.8 Å². The van der Waals surface area contributed by atoms with Gasteiger partial charge in [-0.3, -0.25) is 9.69 Å². The summed E-state index contributed by atoms with van der Waals surface area (Å²) in [5, 5.41) is 24.4. The number of amides is 1. The van der Waals surface area contributed by atoms with Crippen molar-refractivity contribution < 1.29 is 41.7 Å². The van der Waals surface area contributed by atoms with Gasteiger partial charge in [-0.15, -0.1) is 8.78 Å². The molecular weight excluding hydrogens is 508 g/mol. The van der Waals surface area contributed by atoms with E-state index >= 15 is 0 Å². The molecule has 36 heavy (non-hydrogen) atoms. The number of carbonyl (C=O) groups excluding carboxylic acids is 1. The number of benzene rings is 1. The molecule has 3 aromatic rings. The third-order valence-corrected chi connectivity index (χ3v) is 7.28. The van der Waals surface area contributed by atoms with Gasteiger partial charge < -0.3 is 25.1 Å². The summed E-state index contributed by atoms with van der Waals surface area (Å²) >= 11 is 1.03. The third-order valence-electron chi connectivity index (χ3n) is 6.35. The van der Waals surface area contributed by atoms with Crippen molar-refractivity contribution in [1.82, 2.24) is 9.88 Å². The number of aliphatic hydroxyl groups is 1. The Bertz CT molecular complexity index is 1290. The van der Waals surface area contributed by atoms with Gasteiger partial charge in [0.1, 0.15) is 6.61 Å². The Kier molecular flexibility index (Phi) is 5.92. The number of likely N-dealkylation sites (tertiary alicyclic amines) is 1. The number of hydrogen-bond donors (Lipinski definition) is 2. The Morgan fingerprint density at radius 3 is 2.81 bits per heavy atom. The number of halogens is 4. The van der Waals surface area contributed by atoms with Crippen LogP contribution in [0.3, 0.4) is 0 Å². The minimum atomic E-state index is -3.76. The Hall–Kier alpha value is -3.23. The lowest BCUT2D eigenvalue weighted by atomic mass is 9.85. The van der Waals surface area contributed by atoms with E-state index in [1.807, 2.05) is 0 Å². The van der Waals surface area contributed by atoms with E-state index in [0.29, 0.717) is 14.9 Å². The lowest BCUT2D eigenvalue weighted by molar-refractivity contribution is -0.617. The summed E-state index contributed by atoms with van der Waals surface area (Å²) in [5.74, 6) is -5.36. The van der Waals surface area contributed by atoms with Gasteiger partial charge in [0.25, 0.3) is 5.92 Å². The molecule has 2 N–H and O–H groups in total. The smallest absolute Gasteiger partial charge is 0.586 e. The lowest BCUT2D eigenvalue weighted by Gasteiger charge is -2.40. The fourth-order valence-corrected chi connectivity index (χ4v) is 5.30. The van der Waals surface area contributed by atoms with E-state index in [4.69, 9.17) is 0 Å². The molecule has 14 heteroatoms. The Morgan fingerprint density at radius 2 is 2.08 bits per heavy atom. The number of hydrogen-bond acceptors (Lipinski definition) is 8. The minimum absolute atomic E-state index is 0.0338. The zero-order valence-corrected chi connectivity index (χ0v) is 19.5. The molecular formula is C22H20F4N4O5S. The number of thiazole rings is 1. The van der Waals surface area contributed by atoms with Crippen molar-refractivity contribution in [3.63, 3.8) is 0 Å². The summed E-state index contributed by atoms with van der Waals surface area (Å²) in [5.41, 5.74) is 0.187. The maximum Gasteiger partial charge on any atom is 0.586 e. The summed E-state index contributed by atoms with van der Waals surface area (Å²) in [6, 6.07) is 4.51. The molecule has 0 bridgehead atoms. The van der Waals surface area contributed by atoms with Crippen LogP contribution in [0, 0.1) is 5.21 Å². The van der Waals surface area contributed by atoms with Crippen molar-refractivity contribution in [2.75, 3.05) is 18.4 Å². The molecule has 1 saturated heterocycles. The molecule has 4 heterocycles. The topological polar surface area (TPSA) is 111 Å². The number of rotatable bonds is 5. The van der Waals surface area contributed by atoms with Crippen molar-refractivity contribution in [2.24, 2.45) is 0 Å². The predicted octanol–water partition coefficient (Wildman–Crippen LogP) is 3.20. The zero-order chi connectivity index (χ0) is 25.8. The Labute approximate surface area is 205 Å². The molecule has 1 aromatic carbocycles. The number of piperidine rings is 1. The van der Waals surface area contributed by atoms with Crippen molar-refractivity contribution in [3.8, 4) is 11.5 Å². The van der Waals surface area contributed by atoms with Gasteiger partial charge in [-0.1, -0.05) is 11.3 Å². The highest BCUT2D eigenvalue weighted by molar-refractivity contribution is 7.22. The highest BCUT2D eigenvalue weighted by Crippen LogP contribution is 2.45. The molecule has 2 aliphatic rings. The summed E-state index contributed by atoms with van der Waals surface area (Å²) < 4.78 is 65.9. The second-order valence-corrected chi connectivity index (χ2v) is 9.60. The molecule has 0 aliphatic carbocycles. The van der Waals surface area contributed by atoms with Crippen LogP contribution in [-0.4, -0.2) is 52.2 Å². The molecule has 0 spiro atoms. The molecule has 1 amide bonds. The monoisotopic (exact) mass is 528 g/mol. The van der Waals surface area contributed by atoms with Gasteiger partial charge in [-0.25, -0.2) is 13.8 Å². The SMILES string of the molecule is C[C@@H](C(=O)Nc1nc2cc3c(cc2s1)OC(F)(F)O3)N1CCC(F)(F)[C@@H](c2ccc[n+]([O-])c2CO)C1. The van der Waals surface area contributed by atoms with E-state index in [-0.39, 0.29) is 41.0 Å². The molecule has 2 aromatic heterocycles. The quantitative estimate of drug-likeness (QED) is 0.297. The van der Waals surface area contributed by atoms with Gasteiger partial charge in [-0.2, -0.15) is 4.73 Å². The summed E-state index contributed by atoms with van der Waals surface area (Å²) in [6.45, 7) is 0.588. The van der Waals surface area contributed by atoms with Crippen LogP contribution in [0.4, 0.5) is 22.7 Å². The summed E-state index contributed by atoms with van der Waals surface area (Å²) in [4.78, 5) is 18.7. The molecule has 0 saturated carbocycles. The standard InChI is InChI=1S/C22H20F4N4O5S/c1-11(29-6-4-21(23,24)13(9-29)12-3-2-5-30(33)15(12)10-31)19(32)28-20-27-14-7-16-17(8-18(14)36-20)35-22(25,26)34-16/h2-3,5,7-8,11,13,31H,4,6,9-10H2,1H3,(H,27,28,32)/t11-,13+/m0/s1. The maximum absolute atomic E-state index is 14.9. The number of carbonyl (C=O) groups is 1. The molecule has 0 radical (unpaired) electrons. The zero-order valence-electron chi connectivity index (χ0n) is 18.7. The molecule has 2 atom stereocenters. The number of aliphatic hydroxyl groups excluding tert-OH is 1. The number of nitrogens with zero attached hydrogens (tertiary/aromatic N) is 3. The number of aromatic nitrogens is 2. The van der Waals surface area contributed by atoms with Crippen LogP contribution in [0.1, 0.15) is 30.5 Å². The van der Waals surface area contributed by atoms with Crippen LogP contribution < -0.4 is 19.5 Å². The fraction of sp³-hybridized carbons (Fsp3) is 0.409. The molecule has 192 valence electrons. The molecule has 9 nitrogen and oxygen atoms in total. The Morgan fingerprint density at radius 1 is 1.36 bits per heavy atom. The van der Waals surface area contributed by atoms with Crippen LogP contribution in [0.25, 0.3) is 10.2 Å². The summed E-state index contributed by atoms with van der Waals surface area (Å²) in [7, 11) is 0. The van der Waals surface area contributed by atoms with E-state index in [0.717, 1.165) is 17.5 Å². The fourth-order valence-electron chi connectivity index (χ4n) is 4.42. The van der Waals surface area contributed by atoms with Gasteiger partial charge in [0, 0.05) is 43.3 Å². The summed E-state index contributed by atoms with van der Waals surface area (Å²) in [6.07, 6.45) is -3.17. The number of fused-ring (bicyclic) bond motifs is 2. The number of nitrogens with one attached hydrogen (secondary N) is 1. The minimum Gasteiger partial charge on any atom is -0.618 e. The normalized spacial score (nSPS) is 21.4. The average molecular weight is 528 g/mol. The average Bonchev–Trinajstić information content (AvgIpc) is 3.33. The first-order valence-corrected chi connectivity index (χ1v) is 11.7. The third kappa shape index (κ3) is 4.40. The first-order valence-electron chi connectivity index (χ1n) is 10.9. The molecule has 2 aliphatic heterocycles. The first-order chi connectivity index (χ1) is 17.0. The predicted molar refractivity (Wildman–Crippen MR) is 119 cm³/mol. The first kappa shape index (κ1) is 24.5. The van der Waals surface area contributed by atoms with Crippen LogP contribution in [0.15, 0.2) is 30.5 Å². The highest BCUT2D eigenvalue weighted by Gasteiger charge is 2.48. The highest BCUT2D eigenvalue weighted by atomic mass is 32.1. The van der Waals surface area contributed by atoms with E-state index < -0.39 is 43.1 Å². The van der Waals surface area contributed by atoms with Crippen LogP contribution >= 0.6 is 11.3 Å². The van der Waals surface area contributed by atoms with Crippen LogP contribution in [0.5, 0.6) is 11.5 Å². The van der Waals surface area contributed by atoms with Gasteiger partial charge in [0.05, 0.1) is 22.2 Å². The van der Waals surface area contributed by atoms with Gasteiger partial charge >= 0.3 is 6.29 Å². The number of anilines is 1. The molecule has 1 fully saturated rings. The van der Waals surface area contributed by atoms with E-state index in [1.165, 1.54) is 24.3 Å². The van der Waals surface area contributed by atoms with E-state index in [2.05, 4.69) is 19.8 Å². The van der Waals surface area contributed by atoms with Crippen LogP contribution in [-0.2, 0) is 11.4 Å². The molecule has 5 rings (SSSR count). The van der Waals surface area contributed by atoms with Crippen molar-refractivity contribution in [3.05, 3.63) is 46.9 Å². The largest absolute Gasteiger partial charge is 0.618 e. The second-order valence-electron chi connectivity index (χ2n) is 8.57. The van der Waals surface area contributed by atoms with Crippen molar-refractivity contribution >= 4 is 32.6 Å². The van der Waals surface area contributed by atoms with Gasteiger partial charge in [0.2, 0.25) is 11.6 Å². The number of alkyl halides is 4. The van der Waals surface area contributed by atoms with Gasteiger partial charge in [-0.05, 0) is 13.0 Å². The molecule has 0 unspecified atom stereocenters. The van der Waals surface area contributed by atoms with Gasteiger partial charge in [0.15, 0.2) is 22.8 Å². The van der Waals surface area contributed by atoms with Crippen molar-refractivity contribution in [2.45, 2.75) is 44.1 Å². The van der Waals surface area contributed by atoms with Crippen molar-refractivity contribution in [1.29, 1.82) is 0 Å². The maximum atomic E-state index is 14.9. The lowest BCUT2D eigenvalue weighted by Crippen LogP contribution is -2.52. The number of pyridine rings is 1. The number of ether oxygens (including phenoxy) is 2. The van der Waals surface area contributed by atoms with E-state index in [9.17, 15) is 32.7 Å². The van der Waals surface area contributed by atoms with Crippen LogP contribution in [0.2, 0.25) is 0 Å².